The van der Waals surface area contributed by atoms with Gasteiger partial charge in [-0.15, -0.1) is 0 Å². The standard InChI is InChI=1S/C18H16N2O/c19-17(14-7-2-1-3-8-14)18(21)20-16-11-10-13-6-4-5-9-15(13)12-16/h1-12,17H,19H2,(H,20,21). The van der Waals surface area contributed by atoms with Gasteiger partial charge >= 0.3 is 0 Å². The van der Waals surface area contributed by atoms with Crippen molar-refractivity contribution in [1.29, 1.82) is 0 Å². The number of amides is 1. The molecule has 3 aromatic rings. The van der Waals surface area contributed by atoms with Crippen LogP contribution in [0.25, 0.3) is 10.8 Å². The van der Waals surface area contributed by atoms with Gasteiger partial charge in [-0.05, 0) is 28.5 Å². The van der Waals surface area contributed by atoms with Crippen molar-refractivity contribution < 1.29 is 4.79 Å². The molecular formula is C18H16N2O. The fourth-order valence-electron chi connectivity index (χ4n) is 2.30. The second-order valence-corrected chi connectivity index (χ2v) is 4.94. The molecule has 1 unspecified atom stereocenters. The van der Waals surface area contributed by atoms with Crippen LogP contribution in [-0.2, 0) is 4.79 Å². The Balaban J connectivity index is 1.80. The Morgan fingerprint density at radius 1 is 0.857 bits per heavy atom. The van der Waals surface area contributed by atoms with Crippen molar-refractivity contribution in [2.75, 3.05) is 5.32 Å². The molecular weight excluding hydrogens is 260 g/mol. The van der Waals surface area contributed by atoms with Crippen molar-refractivity contribution in [2.45, 2.75) is 6.04 Å². The van der Waals surface area contributed by atoms with Gasteiger partial charge in [-0.2, -0.15) is 0 Å². The smallest absolute Gasteiger partial charge is 0.245 e. The van der Waals surface area contributed by atoms with Crippen LogP contribution in [0.3, 0.4) is 0 Å². The van der Waals surface area contributed by atoms with Crippen molar-refractivity contribution in [3.63, 3.8) is 0 Å². The first kappa shape index (κ1) is 13.3. The van der Waals surface area contributed by atoms with Crippen LogP contribution in [0.1, 0.15) is 11.6 Å². The van der Waals surface area contributed by atoms with Crippen molar-refractivity contribution in [1.82, 2.24) is 0 Å². The van der Waals surface area contributed by atoms with Gasteiger partial charge in [-0.3, -0.25) is 4.79 Å². The summed E-state index contributed by atoms with van der Waals surface area (Å²) in [5, 5.41) is 5.10. The van der Waals surface area contributed by atoms with Gasteiger partial charge in [0.15, 0.2) is 0 Å². The van der Waals surface area contributed by atoms with E-state index in [1.807, 2.05) is 72.8 Å². The Hall–Kier alpha value is -2.65. The summed E-state index contributed by atoms with van der Waals surface area (Å²) >= 11 is 0. The van der Waals surface area contributed by atoms with Crippen LogP contribution in [0.4, 0.5) is 5.69 Å². The molecule has 0 saturated carbocycles. The quantitative estimate of drug-likeness (QED) is 0.769. The van der Waals surface area contributed by atoms with E-state index in [4.69, 9.17) is 5.73 Å². The van der Waals surface area contributed by atoms with Crippen molar-refractivity contribution in [3.8, 4) is 0 Å². The molecule has 0 aromatic heterocycles. The molecule has 1 atom stereocenters. The van der Waals surface area contributed by atoms with Crippen molar-refractivity contribution >= 4 is 22.4 Å². The molecule has 3 heteroatoms. The third-order valence-corrected chi connectivity index (χ3v) is 3.46. The van der Waals surface area contributed by atoms with Crippen LogP contribution in [0, 0.1) is 0 Å². The van der Waals surface area contributed by atoms with E-state index in [0.29, 0.717) is 0 Å². The first-order chi connectivity index (χ1) is 10.2. The first-order valence-corrected chi connectivity index (χ1v) is 6.84. The Morgan fingerprint density at radius 3 is 2.29 bits per heavy atom. The molecule has 0 aliphatic rings. The molecule has 0 aliphatic carbocycles. The van der Waals surface area contributed by atoms with Gasteiger partial charge < -0.3 is 11.1 Å². The highest BCUT2D eigenvalue weighted by atomic mass is 16.2. The highest BCUT2D eigenvalue weighted by Crippen LogP contribution is 2.20. The van der Waals surface area contributed by atoms with Gasteiger partial charge in [-0.1, -0.05) is 60.7 Å². The van der Waals surface area contributed by atoms with E-state index in [-0.39, 0.29) is 5.91 Å². The lowest BCUT2D eigenvalue weighted by atomic mass is 10.1. The normalized spacial score (nSPS) is 12.0. The van der Waals surface area contributed by atoms with Crippen LogP contribution in [0.5, 0.6) is 0 Å². The molecule has 0 bridgehead atoms. The van der Waals surface area contributed by atoms with E-state index in [0.717, 1.165) is 22.0 Å². The Kier molecular flexibility index (Phi) is 3.67. The minimum Gasteiger partial charge on any atom is -0.324 e. The molecule has 0 heterocycles. The predicted octanol–water partition coefficient (Wildman–Crippen LogP) is 3.48. The van der Waals surface area contributed by atoms with E-state index in [1.165, 1.54) is 0 Å². The fourth-order valence-corrected chi connectivity index (χ4v) is 2.30. The third-order valence-electron chi connectivity index (χ3n) is 3.46. The number of anilines is 1. The molecule has 1 amide bonds. The maximum atomic E-state index is 12.2. The summed E-state index contributed by atoms with van der Waals surface area (Å²) in [4.78, 5) is 12.2. The molecule has 3 N–H and O–H groups in total. The largest absolute Gasteiger partial charge is 0.324 e. The summed E-state index contributed by atoms with van der Waals surface area (Å²) in [6, 6.07) is 22.5. The van der Waals surface area contributed by atoms with E-state index >= 15 is 0 Å². The summed E-state index contributed by atoms with van der Waals surface area (Å²) in [7, 11) is 0. The molecule has 0 aliphatic heterocycles. The van der Waals surface area contributed by atoms with Gasteiger partial charge in [0, 0.05) is 5.69 Å². The lowest BCUT2D eigenvalue weighted by Crippen LogP contribution is -2.27. The van der Waals surface area contributed by atoms with Gasteiger partial charge in [0.1, 0.15) is 6.04 Å². The van der Waals surface area contributed by atoms with Crippen LogP contribution in [-0.4, -0.2) is 5.91 Å². The molecule has 21 heavy (non-hydrogen) atoms. The number of carbonyl (C=O) groups excluding carboxylic acids is 1. The van der Waals surface area contributed by atoms with Gasteiger partial charge in [0.2, 0.25) is 5.91 Å². The topological polar surface area (TPSA) is 55.1 Å². The molecule has 3 nitrogen and oxygen atoms in total. The SMILES string of the molecule is NC(C(=O)Nc1ccc2ccccc2c1)c1ccccc1. The number of hydrogen-bond acceptors (Lipinski definition) is 2. The maximum Gasteiger partial charge on any atom is 0.245 e. The van der Waals surface area contributed by atoms with Gasteiger partial charge in [-0.25, -0.2) is 0 Å². The number of nitrogens with two attached hydrogens (primary N) is 1. The zero-order chi connectivity index (χ0) is 14.7. The number of fused-ring (bicyclic) bond motifs is 1. The summed E-state index contributed by atoms with van der Waals surface area (Å²) < 4.78 is 0. The van der Waals surface area contributed by atoms with Gasteiger partial charge in [0.05, 0.1) is 0 Å². The fraction of sp³-hybridized carbons (Fsp3) is 0.0556. The summed E-state index contributed by atoms with van der Waals surface area (Å²) in [6.45, 7) is 0. The molecule has 3 aromatic carbocycles. The predicted molar refractivity (Wildman–Crippen MR) is 85.9 cm³/mol. The lowest BCUT2D eigenvalue weighted by Gasteiger charge is -2.13. The Bertz CT molecular complexity index is 768. The van der Waals surface area contributed by atoms with Crippen molar-refractivity contribution in [3.05, 3.63) is 78.4 Å². The molecule has 104 valence electrons. The Morgan fingerprint density at radius 2 is 1.52 bits per heavy atom. The number of hydrogen-bond donors (Lipinski definition) is 2. The van der Waals surface area contributed by atoms with Crippen molar-refractivity contribution in [2.24, 2.45) is 5.73 Å². The zero-order valence-electron chi connectivity index (χ0n) is 11.5. The number of benzene rings is 3. The Labute approximate surface area is 123 Å². The van der Waals surface area contributed by atoms with Gasteiger partial charge in [0.25, 0.3) is 0 Å². The molecule has 0 saturated heterocycles. The van der Waals surface area contributed by atoms with Crippen LogP contribution in [0.15, 0.2) is 72.8 Å². The van der Waals surface area contributed by atoms with E-state index < -0.39 is 6.04 Å². The summed E-state index contributed by atoms with van der Waals surface area (Å²) in [6.07, 6.45) is 0. The maximum absolute atomic E-state index is 12.2. The second-order valence-electron chi connectivity index (χ2n) is 4.94. The lowest BCUT2D eigenvalue weighted by molar-refractivity contribution is -0.117. The second kappa shape index (κ2) is 5.77. The minimum atomic E-state index is -0.669. The highest BCUT2D eigenvalue weighted by Gasteiger charge is 2.15. The summed E-state index contributed by atoms with van der Waals surface area (Å²) in [5.41, 5.74) is 7.54. The minimum absolute atomic E-state index is 0.212. The van der Waals surface area contributed by atoms with E-state index in [9.17, 15) is 4.79 Å². The average Bonchev–Trinajstić information content (AvgIpc) is 2.55. The molecule has 3 rings (SSSR count). The van der Waals surface area contributed by atoms with Crippen LogP contribution < -0.4 is 11.1 Å². The highest BCUT2D eigenvalue weighted by molar-refractivity contribution is 5.97. The van der Waals surface area contributed by atoms with E-state index in [1.54, 1.807) is 0 Å². The molecule has 0 spiro atoms. The summed E-state index contributed by atoms with van der Waals surface area (Å²) in [5.74, 6) is -0.212. The zero-order valence-corrected chi connectivity index (χ0v) is 11.5. The number of rotatable bonds is 3. The molecule has 0 radical (unpaired) electrons. The van der Waals surface area contributed by atoms with E-state index in [2.05, 4.69) is 5.32 Å². The number of nitrogens with one attached hydrogen (secondary N) is 1. The average molecular weight is 276 g/mol. The monoisotopic (exact) mass is 276 g/mol. The third kappa shape index (κ3) is 2.93. The number of carbonyl (C=O) groups is 1. The van der Waals surface area contributed by atoms with Crippen LogP contribution >= 0.6 is 0 Å². The van der Waals surface area contributed by atoms with Crippen LogP contribution in [0.2, 0.25) is 0 Å². The first-order valence-electron chi connectivity index (χ1n) is 6.84. The molecule has 0 fully saturated rings.